The molecule has 0 aromatic carbocycles. The topological polar surface area (TPSA) is 55.1 Å². The fourth-order valence-corrected chi connectivity index (χ4v) is 3.05. The van der Waals surface area contributed by atoms with Gasteiger partial charge in [-0.1, -0.05) is 39.5 Å². The van der Waals surface area contributed by atoms with Crippen LogP contribution >= 0.6 is 0 Å². The molecule has 0 aliphatic heterocycles. The van der Waals surface area contributed by atoms with Crippen LogP contribution < -0.4 is 11.1 Å². The molecule has 1 aliphatic carbocycles. The van der Waals surface area contributed by atoms with Crippen molar-refractivity contribution in [3.63, 3.8) is 0 Å². The first-order valence-corrected chi connectivity index (χ1v) is 8.12. The van der Waals surface area contributed by atoms with Gasteiger partial charge in [-0.3, -0.25) is 4.79 Å². The molecule has 1 rings (SSSR count). The van der Waals surface area contributed by atoms with Gasteiger partial charge in [-0.2, -0.15) is 0 Å². The monoisotopic (exact) mass is 268 g/mol. The van der Waals surface area contributed by atoms with Gasteiger partial charge in [0.2, 0.25) is 5.91 Å². The molecular formula is C16H32N2O. The Kier molecular flexibility index (Phi) is 7.44. The number of nitrogens with two attached hydrogens (primary N) is 1. The molecule has 0 atom stereocenters. The largest absolute Gasteiger partial charge is 0.355 e. The van der Waals surface area contributed by atoms with Gasteiger partial charge in [0.15, 0.2) is 0 Å². The van der Waals surface area contributed by atoms with Crippen LogP contribution in [0.1, 0.15) is 71.6 Å². The van der Waals surface area contributed by atoms with Crippen LogP contribution in [-0.2, 0) is 4.79 Å². The molecule has 3 heteroatoms. The van der Waals surface area contributed by atoms with Crippen molar-refractivity contribution in [2.24, 2.45) is 17.1 Å². The van der Waals surface area contributed by atoms with E-state index in [1.165, 1.54) is 38.5 Å². The van der Waals surface area contributed by atoms with Crippen molar-refractivity contribution in [1.29, 1.82) is 0 Å². The summed E-state index contributed by atoms with van der Waals surface area (Å²) in [5, 5.41) is 3.13. The lowest BCUT2D eigenvalue weighted by molar-refractivity contribution is -0.122. The highest BCUT2D eigenvalue weighted by Crippen LogP contribution is 2.26. The van der Waals surface area contributed by atoms with E-state index in [2.05, 4.69) is 19.2 Å². The summed E-state index contributed by atoms with van der Waals surface area (Å²) in [7, 11) is 0. The summed E-state index contributed by atoms with van der Waals surface area (Å²) >= 11 is 0. The molecule has 0 heterocycles. The smallest absolute Gasteiger partial charge is 0.220 e. The number of carbonyl (C=O) groups excluding carboxylic acids is 1. The van der Waals surface area contributed by atoms with Gasteiger partial charge in [-0.25, -0.2) is 0 Å². The van der Waals surface area contributed by atoms with E-state index in [0.29, 0.717) is 18.9 Å². The highest BCUT2D eigenvalue weighted by atomic mass is 16.1. The highest BCUT2D eigenvalue weighted by Gasteiger charge is 2.25. The van der Waals surface area contributed by atoms with Crippen molar-refractivity contribution >= 4 is 5.91 Å². The van der Waals surface area contributed by atoms with E-state index in [0.717, 1.165) is 19.4 Å². The fourth-order valence-electron chi connectivity index (χ4n) is 3.05. The highest BCUT2D eigenvalue weighted by molar-refractivity contribution is 5.76. The minimum Gasteiger partial charge on any atom is -0.355 e. The molecule has 0 spiro atoms. The van der Waals surface area contributed by atoms with Gasteiger partial charge in [0.05, 0.1) is 0 Å². The summed E-state index contributed by atoms with van der Waals surface area (Å²) in [4.78, 5) is 12.1. The van der Waals surface area contributed by atoms with E-state index >= 15 is 0 Å². The predicted octanol–water partition coefficient (Wildman–Crippen LogP) is 3.23. The molecule has 3 N–H and O–H groups in total. The zero-order chi connectivity index (χ0) is 14.1. The average Bonchev–Trinajstić information content (AvgIpc) is 2.70. The molecule has 1 fully saturated rings. The summed E-state index contributed by atoms with van der Waals surface area (Å²) in [6, 6.07) is 0. The van der Waals surface area contributed by atoms with E-state index in [1.807, 2.05) is 0 Å². The van der Waals surface area contributed by atoms with Crippen molar-refractivity contribution in [2.75, 3.05) is 13.1 Å². The second-order valence-corrected chi connectivity index (χ2v) is 6.25. The van der Waals surface area contributed by atoms with Gasteiger partial charge in [-0.05, 0) is 43.6 Å². The fraction of sp³-hybridized carbons (Fsp3) is 0.938. The molecule has 1 saturated carbocycles. The van der Waals surface area contributed by atoms with Gasteiger partial charge in [-0.15, -0.1) is 0 Å². The van der Waals surface area contributed by atoms with Gasteiger partial charge in [0, 0.05) is 13.0 Å². The number of hydrogen-bond acceptors (Lipinski definition) is 2. The maximum Gasteiger partial charge on any atom is 0.220 e. The third kappa shape index (κ3) is 5.52. The summed E-state index contributed by atoms with van der Waals surface area (Å²) in [5.74, 6) is 0.838. The van der Waals surface area contributed by atoms with Crippen LogP contribution in [0.4, 0.5) is 0 Å². The lowest BCUT2D eigenvalue weighted by atomic mass is 9.82. The van der Waals surface area contributed by atoms with Gasteiger partial charge in [0.25, 0.3) is 0 Å². The standard InChI is InChI=1S/C16H32N2O/c1-3-16(4-2,12-17)13-18-15(19)11-14-9-7-5-6-8-10-14/h14H,3-13,17H2,1-2H3,(H,18,19). The molecule has 1 aliphatic rings. The zero-order valence-electron chi connectivity index (χ0n) is 12.8. The van der Waals surface area contributed by atoms with Crippen molar-refractivity contribution in [1.82, 2.24) is 5.32 Å². The van der Waals surface area contributed by atoms with Gasteiger partial charge < -0.3 is 11.1 Å². The third-order valence-electron chi connectivity index (χ3n) is 5.04. The Morgan fingerprint density at radius 1 is 1.16 bits per heavy atom. The van der Waals surface area contributed by atoms with Gasteiger partial charge >= 0.3 is 0 Å². The second kappa shape index (κ2) is 8.57. The van der Waals surface area contributed by atoms with E-state index in [-0.39, 0.29) is 11.3 Å². The Balaban J connectivity index is 2.33. The van der Waals surface area contributed by atoms with Crippen molar-refractivity contribution in [3.05, 3.63) is 0 Å². The molecule has 0 unspecified atom stereocenters. The Morgan fingerprint density at radius 2 is 1.74 bits per heavy atom. The molecular weight excluding hydrogens is 236 g/mol. The summed E-state index contributed by atoms with van der Waals surface area (Å²) in [5.41, 5.74) is 5.96. The molecule has 0 saturated heterocycles. The van der Waals surface area contributed by atoms with E-state index in [9.17, 15) is 4.79 Å². The lowest BCUT2D eigenvalue weighted by Gasteiger charge is -2.30. The lowest BCUT2D eigenvalue weighted by Crippen LogP contribution is -2.42. The van der Waals surface area contributed by atoms with Crippen LogP contribution in [0.5, 0.6) is 0 Å². The Morgan fingerprint density at radius 3 is 2.21 bits per heavy atom. The number of nitrogens with one attached hydrogen (secondary N) is 1. The van der Waals surface area contributed by atoms with E-state index < -0.39 is 0 Å². The zero-order valence-corrected chi connectivity index (χ0v) is 12.8. The van der Waals surface area contributed by atoms with Crippen LogP contribution in [0.15, 0.2) is 0 Å². The first-order valence-electron chi connectivity index (χ1n) is 8.12. The third-order valence-corrected chi connectivity index (χ3v) is 5.04. The van der Waals surface area contributed by atoms with Crippen LogP contribution in [-0.4, -0.2) is 19.0 Å². The van der Waals surface area contributed by atoms with Crippen LogP contribution in [0.2, 0.25) is 0 Å². The molecule has 0 bridgehead atoms. The average molecular weight is 268 g/mol. The second-order valence-electron chi connectivity index (χ2n) is 6.25. The first-order chi connectivity index (χ1) is 9.15. The summed E-state index contributed by atoms with van der Waals surface area (Å²) < 4.78 is 0. The molecule has 1 amide bonds. The molecule has 112 valence electrons. The first kappa shape index (κ1) is 16.5. The van der Waals surface area contributed by atoms with Crippen LogP contribution in [0, 0.1) is 11.3 Å². The van der Waals surface area contributed by atoms with E-state index in [1.54, 1.807) is 0 Å². The molecule has 3 nitrogen and oxygen atoms in total. The molecule has 0 aromatic rings. The number of hydrogen-bond donors (Lipinski definition) is 2. The van der Waals surface area contributed by atoms with Crippen molar-refractivity contribution < 1.29 is 4.79 Å². The normalized spacial score (nSPS) is 18.1. The maximum absolute atomic E-state index is 12.1. The van der Waals surface area contributed by atoms with Crippen molar-refractivity contribution in [3.8, 4) is 0 Å². The van der Waals surface area contributed by atoms with Gasteiger partial charge in [0.1, 0.15) is 0 Å². The predicted molar refractivity (Wildman–Crippen MR) is 80.9 cm³/mol. The minimum atomic E-state index is 0.0963. The minimum absolute atomic E-state index is 0.0963. The summed E-state index contributed by atoms with van der Waals surface area (Å²) in [6.45, 7) is 5.72. The van der Waals surface area contributed by atoms with Crippen LogP contribution in [0.25, 0.3) is 0 Å². The van der Waals surface area contributed by atoms with E-state index in [4.69, 9.17) is 5.73 Å². The number of carbonyl (C=O) groups is 1. The summed E-state index contributed by atoms with van der Waals surface area (Å²) in [6.07, 6.45) is 10.5. The Labute approximate surface area is 118 Å². The van der Waals surface area contributed by atoms with Crippen molar-refractivity contribution in [2.45, 2.75) is 71.6 Å². The SMILES string of the molecule is CCC(CC)(CN)CNC(=O)CC1CCCCCC1. The Bertz CT molecular complexity index is 245. The molecule has 0 radical (unpaired) electrons. The number of rotatable bonds is 7. The Hall–Kier alpha value is -0.570. The quantitative estimate of drug-likeness (QED) is 0.697. The van der Waals surface area contributed by atoms with Crippen LogP contribution in [0.3, 0.4) is 0 Å². The number of amides is 1. The molecule has 19 heavy (non-hydrogen) atoms. The molecule has 0 aromatic heterocycles. The maximum atomic E-state index is 12.1.